The topological polar surface area (TPSA) is 54.0 Å². The lowest BCUT2D eigenvalue weighted by molar-refractivity contribution is 0.170. The van der Waals surface area contributed by atoms with Crippen LogP contribution in [0.4, 0.5) is 4.79 Å². The van der Waals surface area contributed by atoms with Crippen LogP contribution in [-0.4, -0.2) is 61.8 Å². The van der Waals surface area contributed by atoms with Gasteiger partial charge < -0.3 is 24.6 Å². The zero-order chi connectivity index (χ0) is 17.2. The minimum absolute atomic E-state index is 0.0534. The maximum absolute atomic E-state index is 12.7. The molecule has 1 aromatic rings. The average molecular weight is 345 g/mol. The summed E-state index contributed by atoms with van der Waals surface area (Å²) in [6.45, 7) is 3.86. The number of nitrogens with zero attached hydrogens (tertiary/aromatic N) is 2. The van der Waals surface area contributed by atoms with E-state index >= 15 is 0 Å². The molecule has 2 amide bonds. The van der Waals surface area contributed by atoms with E-state index in [2.05, 4.69) is 23.3 Å². The summed E-state index contributed by atoms with van der Waals surface area (Å²) in [5, 5.41) is 3.15. The minimum atomic E-state index is 0.0534. The van der Waals surface area contributed by atoms with E-state index < -0.39 is 0 Å². The van der Waals surface area contributed by atoms with Crippen LogP contribution < -0.4 is 14.8 Å². The molecule has 3 aliphatic rings. The van der Waals surface area contributed by atoms with Crippen molar-refractivity contribution < 1.29 is 14.3 Å². The van der Waals surface area contributed by atoms with Gasteiger partial charge in [-0.2, -0.15) is 0 Å². The number of ether oxygens (including phenoxy) is 2. The molecule has 3 aliphatic heterocycles. The van der Waals surface area contributed by atoms with Crippen LogP contribution in [0.2, 0.25) is 0 Å². The van der Waals surface area contributed by atoms with E-state index in [1.54, 1.807) is 0 Å². The van der Waals surface area contributed by atoms with Crippen molar-refractivity contribution >= 4 is 6.03 Å². The molecule has 2 saturated heterocycles. The fourth-order valence-corrected chi connectivity index (χ4v) is 4.17. The lowest BCUT2D eigenvalue weighted by atomic mass is 10.0. The number of hydrogen-bond acceptors (Lipinski definition) is 4. The Morgan fingerprint density at radius 1 is 1.16 bits per heavy atom. The molecule has 4 rings (SSSR count). The van der Waals surface area contributed by atoms with Crippen molar-refractivity contribution in [1.29, 1.82) is 0 Å². The molecule has 1 N–H and O–H groups in total. The Balaban J connectivity index is 1.42. The standard InChI is InChI=1S/C19H27N3O3/c1-21-8-2-4-15(21)13-20-19(23)22-9-3-5-16(22)14-6-7-17-18(12-14)25-11-10-24-17/h6-7,12,15-16H,2-5,8-11,13H2,1H3,(H,20,23). The Hall–Kier alpha value is -1.95. The van der Waals surface area contributed by atoms with Gasteiger partial charge in [0.2, 0.25) is 0 Å². The van der Waals surface area contributed by atoms with E-state index in [0.29, 0.717) is 19.3 Å². The zero-order valence-electron chi connectivity index (χ0n) is 14.9. The highest BCUT2D eigenvalue weighted by Crippen LogP contribution is 2.38. The summed E-state index contributed by atoms with van der Waals surface area (Å²) in [5.41, 5.74) is 1.13. The predicted molar refractivity (Wildman–Crippen MR) is 95.2 cm³/mol. The molecular formula is C19H27N3O3. The van der Waals surface area contributed by atoms with Gasteiger partial charge in [0.05, 0.1) is 6.04 Å². The quantitative estimate of drug-likeness (QED) is 0.914. The molecule has 6 heteroatoms. The first-order valence-electron chi connectivity index (χ1n) is 9.36. The van der Waals surface area contributed by atoms with Crippen LogP contribution in [0.3, 0.4) is 0 Å². The normalized spacial score (nSPS) is 26.0. The lowest BCUT2D eigenvalue weighted by Crippen LogP contribution is -2.44. The monoisotopic (exact) mass is 345 g/mol. The zero-order valence-corrected chi connectivity index (χ0v) is 14.9. The van der Waals surface area contributed by atoms with Gasteiger partial charge in [0.25, 0.3) is 0 Å². The first kappa shape index (κ1) is 16.5. The molecule has 25 heavy (non-hydrogen) atoms. The van der Waals surface area contributed by atoms with Gasteiger partial charge in [0, 0.05) is 19.1 Å². The first-order valence-corrected chi connectivity index (χ1v) is 9.36. The van der Waals surface area contributed by atoms with Gasteiger partial charge >= 0.3 is 6.03 Å². The van der Waals surface area contributed by atoms with Crippen molar-refractivity contribution in [3.05, 3.63) is 23.8 Å². The predicted octanol–water partition coefficient (Wildman–Crippen LogP) is 2.40. The average Bonchev–Trinajstić information content (AvgIpc) is 3.28. The third kappa shape index (κ3) is 3.40. The summed E-state index contributed by atoms with van der Waals surface area (Å²) in [6, 6.07) is 6.71. The third-order valence-electron chi connectivity index (χ3n) is 5.63. The number of hydrogen-bond donors (Lipinski definition) is 1. The molecule has 1 aromatic carbocycles. The number of carbonyl (C=O) groups is 1. The highest BCUT2D eigenvalue weighted by Gasteiger charge is 2.31. The maximum atomic E-state index is 12.7. The van der Waals surface area contributed by atoms with E-state index in [1.165, 1.54) is 12.8 Å². The van der Waals surface area contributed by atoms with E-state index in [0.717, 1.165) is 49.5 Å². The van der Waals surface area contributed by atoms with Crippen LogP contribution >= 0.6 is 0 Å². The molecular weight excluding hydrogens is 318 g/mol. The summed E-state index contributed by atoms with van der Waals surface area (Å²) >= 11 is 0. The molecule has 2 fully saturated rings. The van der Waals surface area contributed by atoms with Gasteiger partial charge in [-0.05, 0) is 57.0 Å². The van der Waals surface area contributed by atoms with E-state index in [-0.39, 0.29) is 12.1 Å². The smallest absolute Gasteiger partial charge is 0.317 e. The minimum Gasteiger partial charge on any atom is -0.486 e. The van der Waals surface area contributed by atoms with E-state index in [4.69, 9.17) is 9.47 Å². The van der Waals surface area contributed by atoms with E-state index in [1.807, 2.05) is 17.0 Å². The number of amides is 2. The molecule has 136 valence electrons. The van der Waals surface area contributed by atoms with Crippen molar-refractivity contribution in [2.24, 2.45) is 0 Å². The second kappa shape index (κ2) is 7.12. The number of fused-ring (bicyclic) bond motifs is 1. The Morgan fingerprint density at radius 2 is 1.96 bits per heavy atom. The van der Waals surface area contributed by atoms with Gasteiger partial charge in [0.15, 0.2) is 11.5 Å². The SMILES string of the molecule is CN1CCCC1CNC(=O)N1CCCC1c1ccc2c(c1)OCCO2. The van der Waals surface area contributed by atoms with Gasteiger partial charge in [0.1, 0.15) is 13.2 Å². The fraction of sp³-hybridized carbons (Fsp3) is 0.632. The largest absolute Gasteiger partial charge is 0.486 e. The number of nitrogens with one attached hydrogen (secondary N) is 1. The maximum Gasteiger partial charge on any atom is 0.317 e. The molecule has 0 spiro atoms. The molecule has 0 aliphatic carbocycles. The second-order valence-corrected chi connectivity index (χ2v) is 7.22. The van der Waals surface area contributed by atoms with E-state index in [9.17, 15) is 4.79 Å². The highest BCUT2D eigenvalue weighted by atomic mass is 16.6. The number of carbonyl (C=O) groups excluding carboxylic acids is 1. The van der Waals surface area contributed by atoms with Crippen LogP contribution in [0.15, 0.2) is 18.2 Å². The lowest BCUT2D eigenvalue weighted by Gasteiger charge is -2.28. The third-order valence-corrected chi connectivity index (χ3v) is 5.63. The molecule has 0 aromatic heterocycles. The van der Waals surface area contributed by atoms with Gasteiger partial charge in [-0.1, -0.05) is 6.07 Å². The van der Waals surface area contributed by atoms with Crippen LogP contribution in [0.1, 0.15) is 37.3 Å². The molecule has 0 bridgehead atoms. The molecule has 6 nitrogen and oxygen atoms in total. The summed E-state index contributed by atoms with van der Waals surface area (Å²) < 4.78 is 11.3. The van der Waals surface area contributed by atoms with Crippen LogP contribution in [0.25, 0.3) is 0 Å². The van der Waals surface area contributed by atoms with Crippen LogP contribution in [-0.2, 0) is 0 Å². The molecule has 0 saturated carbocycles. The number of urea groups is 1. The number of likely N-dealkylation sites (N-methyl/N-ethyl adjacent to an activating group) is 1. The van der Waals surface area contributed by atoms with Gasteiger partial charge in [-0.25, -0.2) is 4.79 Å². The number of benzene rings is 1. The molecule has 2 atom stereocenters. The van der Waals surface area contributed by atoms with Crippen LogP contribution in [0, 0.1) is 0 Å². The Kier molecular flexibility index (Phi) is 4.70. The highest BCUT2D eigenvalue weighted by molar-refractivity contribution is 5.75. The summed E-state index contributed by atoms with van der Waals surface area (Å²) in [7, 11) is 2.14. The Morgan fingerprint density at radius 3 is 2.76 bits per heavy atom. The molecule has 2 unspecified atom stereocenters. The molecule has 3 heterocycles. The fourth-order valence-electron chi connectivity index (χ4n) is 4.17. The number of likely N-dealkylation sites (tertiary alicyclic amines) is 2. The van der Waals surface area contributed by atoms with Gasteiger partial charge in [-0.15, -0.1) is 0 Å². The summed E-state index contributed by atoms with van der Waals surface area (Å²) in [5.74, 6) is 1.59. The summed E-state index contributed by atoms with van der Waals surface area (Å²) in [6.07, 6.45) is 4.43. The van der Waals surface area contributed by atoms with Crippen molar-refractivity contribution in [3.8, 4) is 11.5 Å². The number of rotatable bonds is 3. The van der Waals surface area contributed by atoms with Crippen LogP contribution in [0.5, 0.6) is 11.5 Å². The van der Waals surface area contributed by atoms with Gasteiger partial charge in [-0.3, -0.25) is 0 Å². The second-order valence-electron chi connectivity index (χ2n) is 7.22. The summed E-state index contributed by atoms with van der Waals surface area (Å²) in [4.78, 5) is 17.0. The van der Waals surface area contributed by atoms with Crippen molar-refractivity contribution in [2.45, 2.75) is 37.8 Å². The Bertz CT molecular complexity index is 636. The van der Waals surface area contributed by atoms with Crippen molar-refractivity contribution in [2.75, 3.05) is 39.9 Å². The molecule has 0 radical (unpaired) electrons. The Labute approximate surface area is 149 Å². The first-order chi connectivity index (χ1) is 12.2. The van der Waals surface area contributed by atoms with Crippen molar-refractivity contribution in [3.63, 3.8) is 0 Å². The van der Waals surface area contributed by atoms with Crippen molar-refractivity contribution in [1.82, 2.24) is 15.1 Å².